The first-order valence-corrected chi connectivity index (χ1v) is 6.37. The van der Waals surface area contributed by atoms with Gasteiger partial charge in [0.05, 0.1) is 0 Å². The Labute approximate surface area is 109 Å². The summed E-state index contributed by atoms with van der Waals surface area (Å²) in [5.41, 5.74) is 6.60. The Bertz CT molecular complexity index is 572. The molecule has 0 aliphatic rings. The molecule has 2 aromatic rings. The molecule has 0 radical (unpaired) electrons. The third kappa shape index (κ3) is 2.99. The summed E-state index contributed by atoms with van der Waals surface area (Å²) in [5.74, 6) is 0. The smallest absolute Gasteiger partial charge is 0.328 e. The number of pyridine rings is 1. The Morgan fingerprint density at radius 1 is 1.56 bits per heavy atom. The molecule has 0 aliphatic carbocycles. The summed E-state index contributed by atoms with van der Waals surface area (Å²) in [6, 6.07) is 4.02. The van der Waals surface area contributed by atoms with E-state index in [4.69, 9.17) is 5.73 Å². The van der Waals surface area contributed by atoms with E-state index >= 15 is 0 Å². The number of aromatic amines is 1. The van der Waals surface area contributed by atoms with Crippen LogP contribution in [0.1, 0.15) is 12.5 Å². The van der Waals surface area contributed by atoms with Gasteiger partial charge in [0.25, 0.3) is 0 Å². The lowest BCUT2D eigenvalue weighted by Gasteiger charge is -2.05. The highest BCUT2D eigenvalue weighted by atomic mass is 32.2. The van der Waals surface area contributed by atoms with Crippen molar-refractivity contribution in [2.75, 3.05) is 0 Å². The minimum Gasteiger partial charge on any atom is -0.328 e. The van der Waals surface area contributed by atoms with Crippen molar-refractivity contribution in [3.05, 3.63) is 34.4 Å². The molecule has 96 valence electrons. The maximum Gasteiger partial charge on any atom is 0.343 e. The lowest BCUT2D eigenvalue weighted by Crippen LogP contribution is -2.17. The molecule has 2 rings (SSSR count). The van der Waals surface area contributed by atoms with Crippen LogP contribution in [0.15, 0.2) is 33.3 Å². The molecule has 0 saturated heterocycles. The first kappa shape index (κ1) is 12.8. The number of nitrogens with two attached hydrogens (primary N) is 1. The lowest BCUT2D eigenvalue weighted by atomic mass is 10.1. The van der Waals surface area contributed by atoms with Crippen LogP contribution in [0.5, 0.6) is 0 Å². The van der Waals surface area contributed by atoms with E-state index in [-0.39, 0.29) is 11.7 Å². The Hall–Kier alpha value is -1.60. The van der Waals surface area contributed by atoms with Crippen LogP contribution in [0.4, 0.5) is 0 Å². The molecule has 0 amide bonds. The predicted molar refractivity (Wildman–Crippen MR) is 69.5 cm³/mol. The van der Waals surface area contributed by atoms with E-state index in [1.54, 1.807) is 13.2 Å². The SMILES string of the molecule is CC(N)Cc1ccc(Sc2n[nH]c(=O)n2C)nc1. The molecule has 0 aliphatic heterocycles. The average Bonchev–Trinajstić information content (AvgIpc) is 2.63. The fourth-order valence-electron chi connectivity index (χ4n) is 1.48. The molecule has 1 atom stereocenters. The van der Waals surface area contributed by atoms with E-state index in [1.807, 2.05) is 19.1 Å². The zero-order valence-corrected chi connectivity index (χ0v) is 11.1. The highest BCUT2D eigenvalue weighted by molar-refractivity contribution is 7.99. The van der Waals surface area contributed by atoms with Gasteiger partial charge in [-0.2, -0.15) is 0 Å². The van der Waals surface area contributed by atoms with Gasteiger partial charge in [-0.25, -0.2) is 14.9 Å². The van der Waals surface area contributed by atoms with E-state index in [0.29, 0.717) is 5.16 Å². The van der Waals surface area contributed by atoms with Gasteiger partial charge in [-0.15, -0.1) is 5.10 Å². The molecule has 7 heteroatoms. The Balaban J connectivity index is 2.11. The van der Waals surface area contributed by atoms with Crippen LogP contribution in [0.25, 0.3) is 0 Å². The second kappa shape index (κ2) is 5.36. The number of nitrogens with one attached hydrogen (secondary N) is 1. The molecule has 2 heterocycles. The van der Waals surface area contributed by atoms with Gasteiger partial charge in [-0.3, -0.25) is 4.57 Å². The van der Waals surface area contributed by atoms with Gasteiger partial charge in [0.15, 0.2) is 5.16 Å². The molecule has 0 bridgehead atoms. The van der Waals surface area contributed by atoms with Crippen molar-refractivity contribution >= 4 is 11.8 Å². The third-order valence-corrected chi connectivity index (χ3v) is 3.39. The molecular formula is C11H15N5OS. The van der Waals surface area contributed by atoms with Gasteiger partial charge in [-0.05, 0) is 36.7 Å². The quantitative estimate of drug-likeness (QED) is 0.842. The largest absolute Gasteiger partial charge is 0.343 e. The Morgan fingerprint density at radius 2 is 2.33 bits per heavy atom. The summed E-state index contributed by atoms with van der Waals surface area (Å²) in [6.07, 6.45) is 2.61. The van der Waals surface area contributed by atoms with Crippen LogP contribution >= 0.6 is 11.8 Å². The molecule has 6 nitrogen and oxygen atoms in total. The maximum absolute atomic E-state index is 11.2. The minimum absolute atomic E-state index is 0.123. The van der Waals surface area contributed by atoms with Crippen molar-refractivity contribution in [1.82, 2.24) is 19.7 Å². The van der Waals surface area contributed by atoms with Crippen LogP contribution in [-0.4, -0.2) is 25.8 Å². The minimum atomic E-state index is -0.230. The molecule has 0 fully saturated rings. The van der Waals surface area contributed by atoms with Gasteiger partial charge >= 0.3 is 5.69 Å². The second-order valence-electron chi connectivity index (χ2n) is 4.16. The Kier molecular flexibility index (Phi) is 3.83. The summed E-state index contributed by atoms with van der Waals surface area (Å²) in [7, 11) is 1.67. The average molecular weight is 265 g/mol. The highest BCUT2D eigenvalue weighted by Crippen LogP contribution is 2.22. The first-order valence-electron chi connectivity index (χ1n) is 5.56. The van der Waals surface area contributed by atoms with Crippen molar-refractivity contribution in [3.63, 3.8) is 0 Å². The zero-order chi connectivity index (χ0) is 13.1. The number of rotatable bonds is 4. The van der Waals surface area contributed by atoms with Crippen molar-refractivity contribution in [2.45, 2.75) is 29.6 Å². The zero-order valence-electron chi connectivity index (χ0n) is 10.3. The van der Waals surface area contributed by atoms with Gasteiger partial charge in [0.1, 0.15) is 5.03 Å². The first-order chi connectivity index (χ1) is 8.56. The fourth-order valence-corrected chi connectivity index (χ4v) is 2.22. The lowest BCUT2D eigenvalue weighted by molar-refractivity contribution is 0.733. The molecule has 0 spiro atoms. The standard InChI is InChI=1S/C11H15N5OS/c1-7(12)5-8-3-4-9(13-6-8)18-11-15-14-10(17)16(11)2/h3-4,6-7H,5,12H2,1-2H3,(H,14,17). The van der Waals surface area contributed by atoms with Crippen LogP contribution < -0.4 is 11.4 Å². The second-order valence-corrected chi connectivity index (χ2v) is 5.15. The van der Waals surface area contributed by atoms with Crippen molar-refractivity contribution in [3.8, 4) is 0 Å². The van der Waals surface area contributed by atoms with E-state index in [0.717, 1.165) is 17.0 Å². The maximum atomic E-state index is 11.2. The van der Waals surface area contributed by atoms with Gasteiger partial charge in [-0.1, -0.05) is 6.07 Å². The molecular weight excluding hydrogens is 250 g/mol. The number of H-pyrrole nitrogens is 1. The predicted octanol–water partition coefficient (Wildman–Crippen LogP) is 0.544. The summed E-state index contributed by atoms with van der Waals surface area (Å²) >= 11 is 1.34. The number of hydrogen-bond acceptors (Lipinski definition) is 5. The van der Waals surface area contributed by atoms with E-state index in [9.17, 15) is 4.79 Å². The number of nitrogens with zero attached hydrogens (tertiary/aromatic N) is 3. The third-order valence-electron chi connectivity index (χ3n) is 2.39. The van der Waals surface area contributed by atoms with Crippen LogP contribution in [0.3, 0.4) is 0 Å². The fraction of sp³-hybridized carbons (Fsp3) is 0.364. The van der Waals surface area contributed by atoms with Gasteiger partial charge < -0.3 is 5.73 Å². The molecule has 1 unspecified atom stereocenters. The number of aromatic nitrogens is 4. The molecule has 18 heavy (non-hydrogen) atoms. The molecule has 0 saturated carbocycles. The summed E-state index contributed by atoms with van der Waals surface area (Å²) in [6.45, 7) is 1.96. The molecule has 3 N–H and O–H groups in total. The summed E-state index contributed by atoms with van der Waals surface area (Å²) < 4.78 is 1.45. The van der Waals surface area contributed by atoms with Crippen LogP contribution in [-0.2, 0) is 13.5 Å². The normalized spacial score (nSPS) is 12.6. The van der Waals surface area contributed by atoms with Crippen LogP contribution in [0.2, 0.25) is 0 Å². The summed E-state index contributed by atoms with van der Waals surface area (Å²) in [5, 5.41) is 7.68. The number of hydrogen-bond donors (Lipinski definition) is 2. The summed E-state index contributed by atoms with van der Waals surface area (Å²) in [4.78, 5) is 15.5. The van der Waals surface area contributed by atoms with E-state index < -0.39 is 0 Å². The topological polar surface area (TPSA) is 89.6 Å². The van der Waals surface area contributed by atoms with Crippen LogP contribution in [0, 0.1) is 0 Å². The van der Waals surface area contributed by atoms with Gasteiger partial charge in [0.2, 0.25) is 0 Å². The van der Waals surface area contributed by atoms with Crippen molar-refractivity contribution < 1.29 is 0 Å². The Morgan fingerprint density at radius 3 is 2.83 bits per heavy atom. The van der Waals surface area contributed by atoms with E-state index in [1.165, 1.54) is 16.3 Å². The van der Waals surface area contributed by atoms with Crippen molar-refractivity contribution in [1.29, 1.82) is 0 Å². The highest BCUT2D eigenvalue weighted by Gasteiger charge is 2.07. The van der Waals surface area contributed by atoms with Gasteiger partial charge in [0, 0.05) is 19.3 Å². The van der Waals surface area contributed by atoms with E-state index in [2.05, 4.69) is 15.2 Å². The molecule has 0 aromatic carbocycles. The monoisotopic (exact) mass is 265 g/mol. The van der Waals surface area contributed by atoms with Crippen molar-refractivity contribution in [2.24, 2.45) is 12.8 Å². The molecule has 2 aromatic heterocycles.